The molecule has 0 fully saturated rings. The molecule has 1 amide bonds. The zero-order valence-electron chi connectivity index (χ0n) is 17.0. The van der Waals surface area contributed by atoms with Gasteiger partial charge >= 0.3 is 6.18 Å². The van der Waals surface area contributed by atoms with E-state index in [0.29, 0.717) is 21.2 Å². The van der Waals surface area contributed by atoms with Crippen LogP contribution in [0.25, 0.3) is 11.0 Å². The number of hydrogen-bond acceptors (Lipinski definition) is 4. The second kappa shape index (κ2) is 9.18. The molecule has 0 unspecified atom stereocenters. The first-order chi connectivity index (χ1) is 15.7. The van der Waals surface area contributed by atoms with Crippen molar-refractivity contribution in [3.63, 3.8) is 0 Å². The number of hydrogen-bond donors (Lipinski definition) is 1. The molecule has 0 aliphatic heterocycles. The van der Waals surface area contributed by atoms with E-state index in [0.717, 1.165) is 12.1 Å². The van der Waals surface area contributed by atoms with E-state index in [1.54, 1.807) is 18.2 Å². The Morgan fingerprint density at radius 2 is 1.91 bits per heavy atom. The zero-order valence-corrected chi connectivity index (χ0v) is 18.6. The molecule has 2 aromatic heterocycles. The molecular weight excluding hydrogens is 503 g/mol. The highest BCUT2D eigenvalue weighted by Crippen LogP contribution is 2.29. The van der Waals surface area contributed by atoms with Crippen LogP contribution in [0.2, 0.25) is 0 Å². The molecular formula is C22H17BrF3N5O2. The van der Waals surface area contributed by atoms with Crippen LogP contribution in [0.3, 0.4) is 0 Å². The van der Waals surface area contributed by atoms with Crippen LogP contribution in [0.4, 0.5) is 13.2 Å². The number of aromatic nitrogens is 4. The second-order valence-electron chi connectivity index (χ2n) is 7.22. The van der Waals surface area contributed by atoms with Crippen molar-refractivity contribution in [1.82, 2.24) is 24.6 Å². The molecule has 0 saturated heterocycles. The van der Waals surface area contributed by atoms with E-state index < -0.39 is 17.3 Å². The highest BCUT2D eigenvalue weighted by molar-refractivity contribution is 9.10. The standard InChI is InChI=1S/C22H17BrF3N5O2/c23-18-7-2-1-6-16(18)20(32)27-8-9-31-19-17(11-29-31)21(33)30(13-28-19)12-14-4-3-5-15(10-14)22(24,25)26/h1-7,10-11,13H,8-9,12H2,(H,27,32). The minimum absolute atomic E-state index is 0.0567. The van der Waals surface area contributed by atoms with Crippen molar-refractivity contribution in [2.75, 3.05) is 6.54 Å². The minimum atomic E-state index is -4.46. The Labute approximate surface area is 194 Å². The summed E-state index contributed by atoms with van der Waals surface area (Å²) in [6.07, 6.45) is -1.82. The van der Waals surface area contributed by atoms with Crippen LogP contribution in [0.1, 0.15) is 21.5 Å². The molecule has 170 valence electrons. The van der Waals surface area contributed by atoms with E-state index in [9.17, 15) is 22.8 Å². The number of nitrogens with one attached hydrogen (secondary N) is 1. The normalized spacial score (nSPS) is 11.6. The number of nitrogens with zero attached hydrogens (tertiary/aromatic N) is 4. The Bertz CT molecular complexity index is 1380. The molecule has 0 atom stereocenters. The molecule has 4 rings (SSSR count). The van der Waals surface area contributed by atoms with Crippen LogP contribution in [0, 0.1) is 0 Å². The van der Waals surface area contributed by atoms with Crippen molar-refractivity contribution in [3.05, 3.63) is 92.6 Å². The van der Waals surface area contributed by atoms with Gasteiger partial charge in [-0.05, 0) is 45.8 Å². The summed E-state index contributed by atoms with van der Waals surface area (Å²) in [6.45, 7) is 0.481. The maximum Gasteiger partial charge on any atom is 0.416 e. The summed E-state index contributed by atoms with van der Waals surface area (Å²) in [5.74, 6) is -0.254. The van der Waals surface area contributed by atoms with Gasteiger partial charge < -0.3 is 5.32 Å². The van der Waals surface area contributed by atoms with Gasteiger partial charge in [0.05, 0.1) is 30.4 Å². The van der Waals surface area contributed by atoms with Crippen LogP contribution in [-0.4, -0.2) is 31.8 Å². The summed E-state index contributed by atoms with van der Waals surface area (Å²) < 4.78 is 42.2. The molecule has 0 spiro atoms. The monoisotopic (exact) mass is 519 g/mol. The topological polar surface area (TPSA) is 81.8 Å². The number of carbonyl (C=O) groups is 1. The van der Waals surface area contributed by atoms with Crippen LogP contribution < -0.4 is 10.9 Å². The van der Waals surface area contributed by atoms with Gasteiger partial charge in [0, 0.05) is 11.0 Å². The lowest BCUT2D eigenvalue weighted by molar-refractivity contribution is -0.137. The van der Waals surface area contributed by atoms with E-state index in [2.05, 4.69) is 31.3 Å². The lowest BCUT2D eigenvalue weighted by Crippen LogP contribution is -2.28. The van der Waals surface area contributed by atoms with E-state index in [-0.39, 0.29) is 30.9 Å². The number of amides is 1. The van der Waals surface area contributed by atoms with Crippen LogP contribution in [0.15, 0.2) is 70.3 Å². The highest BCUT2D eigenvalue weighted by atomic mass is 79.9. The molecule has 0 bridgehead atoms. The van der Waals surface area contributed by atoms with Gasteiger partial charge in [-0.15, -0.1) is 0 Å². The molecule has 0 aliphatic rings. The van der Waals surface area contributed by atoms with Gasteiger partial charge in [-0.1, -0.05) is 24.3 Å². The number of fused-ring (bicyclic) bond motifs is 1. The SMILES string of the molecule is O=C(NCCn1ncc2c(=O)n(Cc3cccc(C(F)(F)F)c3)cnc21)c1ccccc1Br. The number of halogens is 4. The molecule has 2 aromatic carbocycles. The van der Waals surface area contributed by atoms with Crippen molar-refractivity contribution < 1.29 is 18.0 Å². The molecule has 7 nitrogen and oxygen atoms in total. The number of rotatable bonds is 6. The molecule has 0 aliphatic carbocycles. The molecule has 11 heteroatoms. The Hall–Kier alpha value is -3.47. The van der Waals surface area contributed by atoms with Crippen LogP contribution >= 0.6 is 15.9 Å². The van der Waals surface area contributed by atoms with Crippen molar-refractivity contribution in [1.29, 1.82) is 0 Å². The van der Waals surface area contributed by atoms with Crippen LogP contribution in [0.5, 0.6) is 0 Å². The van der Waals surface area contributed by atoms with E-state index in [4.69, 9.17) is 0 Å². The van der Waals surface area contributed by atoms with Crippen molar-refractivity contribution in [3.8, 4) is 0 Å². The Morgan fingerprint density at radius 3 is 2.67 bits per heavy atom. The molecule has 1 N–H and O–H groups in total. The molecule has 0 saturated carbocycles. The smallest absolute Gasteiger partial charge is 0.350 e. The fourth-order valence-electron chi connectivity index (χ4n) is 3.33. The lowest BCUT2D eigenvalue weighted by atomic mass is 10.1. The van der Waals surface area contributed by atoms with E-state index >= 15 is 0 Å². The molecule has 0 radical (unpaired) electrons. The number of carbonyl (C=O) groups excluding carboxylic acids is 1. The number of alkyl halides is 3. The number of benzene rings is 2. The van der Waals surface area contributed by atoms with Crippen molar-refractivity contribution in [2.24, 2.45) is 0 Å². The average molecular weight is 520 g/mol. The first-order valence-corrected chi connectivity index (χ1v) is 10.6. The zero-order chi connectivity index (χ0) is 23.6. The van der Waals surface area contributed by atoms with Gasteiger partial charge in [0.25, 0.3) is 11.5 Å². The van der Waals surface area contributed by atoms with Gasteiger partial charge in [-0.2, -0.15) is 18.3 Å². The quantitative estimate of drug-likeness (QED) is 0.419. The van der Waals surface area contributed by atoms with Gasteiger partial charge in [-0.3, -0.25) is 14.2 Å². The second-order valence-corrected chi connectivity index (χ2v) is 8.07. The fourth-order valence-corrected chi connectivity index (χ4v) is 3.80. The maximum atomic E-state index is 12.9. The maximum absolute atomic E-state index is 12.9. The predicted molar refractivity (Wildman–Crippen MR) is 119 cm³/mol. The Balaban J connectivity index is 1.48. The first kappa shape index (κ1) is 22.7. The molecule has 2 heterocycles. The lowest BCUT2D eigenvalue weighted by Gasteiger charge is -2.10. The molecule has 4 aromatic rings. The van der Waals surface area contributed by atoms with Crippen molar-refractivity contribution in [2.45, 2.75) is 19.3 Å². The third-order valence-corrected chi connectivity index (χ3v) is 5.65. The summed E-state index contributed by atoms with van der Waals surface area (Å²) >= 11 is 3.33. The van der Waals surface area contributed by atoms with Crippen LogP contribution in [-0.2, 0) is 19.3 Å². The highest BCUT2D eigenvalue weighted by Gasteiger charge is 2.30. The van der Waals surface area contributed by atoms with E-state index in [1.807, 2.05) is 6.07 Å². The van der Waals surface area contributed by atoms with Gasteiger partial charge in [-0.25, -0.2) is 9.67 Å². The Morgan fingerprint density at radius 1 is 1.12 bits per heavy atom. The summed E-state index contributed by atoms with van der Waals surface area (Å²) in [7, 11) is 0. The molecule has 33 heavy (non-hydrogen) atoms. The van der Waals surface area contributed by atoms with Gasteiger partial charge in [0.1, 0.15) is 11.7 Å². The summed E-state index contributed by atoms with van der Waals surface area (Å²) in [6, 6.07) is 11.8. The Kier molecular flexibility index (Phi) is 6.32. The predicted octanol–water partition coefficient (Wildman–Crippen LogP) is 3.85. The van der Waals surface area contributed by atoms with Gasteiger partial charge in [0.15, 0.2) is 5.65 Å². The van der Waals surface area contributed by atoms with Crippen molar-refractivity contribution >= 4 is 32.9 Å². The summed E-state index contributed by atoms with van der Waals surface area (Å²) in [5.41, 5.74) is -0.0375. The largest absolute Gasteiger partial charge is 0.416 e. The minimum Gasteiger partial charge on any atom is -0.350 e. The third-order valence-electron chi connectivity index (χ3n) is 4.96. The summed E-state index contributed by atoms with van der Waals surface area (Å²) in [5, 5.41) is 7.19. The van der Waals surface area contributed by atoms with Gasteiger partial charge in [0.2, 0.25) is 0 Å². The average Bonchev–Trinajstić information content (AvgIpc) is 3.19. The fraction of sp³-hybridized carbons (Fsp3) is 0.182. The first-order valence-electron chi connectivity index (χ1n) is 9.84. The van der Waals surface area contributed by atoms with E-state index in [1.165, 1.54) is 33.9 Å². The summed E-state index contributed by atoms with van der Waals surface area (Å²) in [4.78, 5) is 29.4. The third kappa shape index (κ3) is 4.98.